The lowest BCUT2D eigenvalue weighted by Gasteiger charge is -2.17. The van der Waals surface area contributed by atoms with Crippen molar-refractivity contribution in [2.75, 3.05) is 11.9 Å². The number of amides is 2. The summed E-state index contributed by atoms with van der Waals surface area (Å²) in [6.07, 6.45) is 0.125. The van der Waals surface area contributed by atoms with Crippen LogP contribution in [0.3, 0.4) is 0 Å². The van der Waals surface area contributed by atoms with E-state index in [9.17, 15) is 18.0 Å². The van der Waals surface area contributed by atoms with E-state index in [4.69, 9.17) is 0 Å². The number of nitrogens with zero attached hydrogens (tertiary/aromatic N) is 3. The number of rotatable bonds is 5. The summed E-state index contributed by atoms with van der Waals surface area (Å²) in [5, 5.41) is 10.2. The highest BCUT2D eigenvalue weighted by Crippen LogP contribution is 2.32. The van der Waals surface area contributed by atoms with Crippen LogP contribution in [0.1, 0.15) is 28.3 Å². The maximum absolute atomic E-state index is 13.1. The number of benzene rings is 2. The number of hydrogen-bond donors (Lipinski definition) is 1. The Morgan fingerprint density at radius 2 is 1.93 bits per heavy atom. The Morgan fingerprint density at radius 3 is 2.66 bits per heavy atom. The highest BCUT2D eigenvalue weighted by molar-refractivity contribution is 7.89. The van der Waals surface area contributed by atoms with Crippen LogP contribution in [-0.4, -0.2) is 41.3 Å². The first-order valence-electron chi connectivity index (χ1n) is 8.73. The van der Waals surface area contributed by atoms with Crippen molar-refractivity contribution in [1.82, 2.24) is 14.5 Å². The van der Waals surface area contributed by atoms with Crippen molar-refractivity contribution in [3.8, 4) is 0 Å². The summed E-state index contributed by atoms with van der Waals surface area (Å²) in [7, 11) is -4.07. The topological polar surface area (TPSA) is 109 Å². The highest BCUT2D eigenvalue weighted by atomic mass is 32.2. The Bertz CT molecular complexity index is 1150. The number of carbonyl (C=O) groups is 2. The highest BCUT2D eigenvalue weighted by Gasteiger charge is 2.39. The van der Waals surface area contributed by atoms with Gasteiger partial charge in [-0.2, -0.15) is 0 Å². The lowest BCUT2D eigenvalue weighted by atomic mass is 9.99. The largest absolute Gasteiger partial charge is 0.296 e. The van der Waals surface area contributed by atoms with Gasteiger partial charge in [0.15, 0.2) is 0 Å². The van der Waals surface area contributed by atoms with Gasteiger partial charge in [0, 0.05) is 24.4 Å². The van der Waals surface area contributed by atoms with E-state index in [1.54, 1.807) is 0 Å². The van der Waals surface area contributed by atoms with Crippen molar-refractivity contribution in [3.63, 3.8) is 0 Å². The molecule has 0 saturated carbocycles. The molecule has 2 amide bonds. The van der Waals surface area contributed by atoms with Gasteiger partial charge in [-0.3, -0.25) is 14.9 Å². The third-order valence-corrected chi connectivity index (χ3v) is 7.01. The van der Waals surface area contributed by atoms with Gasteiger partial charge in [-0.05, 0) is 23.8 Å². The lowest BCUT2D eigenvalue weighted by Crippen LogP contribution is -2.32. The molecule has 10 heteroatoms. The van der Waals surface area contributed by atoms with Gasteiger partial charge in [0.2, 0.25) is 11.0 Å². The first-order valence-corrected chi connectivity index (χ1v) is 11.1. The third kappa shape index (κ3) is 3.89. The first-order chi connectivity index (χ1) is 13.9. The quantitative estimate of drug-likeness (QED) is 0.669. The SMILES string of the molecule is O=C(Nc1nncs1)c1cccc(S(=O)(=O)N2C[C@H](c3ccccc3)CC2=O)c1. The van der Waals surface area contributed by atoms with Gasteiger partial charge in [0.1, 0.15) is 5.51 Å². The Balaban J connectivity index is 1.57. The molecule has 1 fully saturated rings. The summed E-state index contributed by atoms with van der Waals surface area (Å²) >= 11 is 1.15. The van der Waals surface area contributed by atoms with Crippen LogP contribution in [0.4, 0.5) is 5.13 Å². The van der Waals surface area contributed by atoms with Crippen LogP contribution in [0, 0.1) is 0 Å². The minimum atomic E-state index is -4.07. The normalized spacial score (nSPS) is 16.8. The minimum Gasteiger partial charge on any atom is -0.296 e. The van der Waals surface area contributed by atoms with Gasteiger partial charge in [0.05, 0.1) is 4.90 Å². The van der Waals surface area contributed by atoms with Crippen molar-refractivity contribution in [3.05, 3.63) is 71.2 Å². The van der Waals surface area contributed by atoms with Crippen molar-refractivity contribution >= 4 is 38.3 Å². The fraction of sp³-hybridized carbons (Fsp3) is 0.158. The van der Waals surface area contributed by atoms with Gasteiger partial charge < -0.3 is 0 Å². The van der Waals surface area contributed by atoms with E-state index in [1.807, 2.05) is 30.3 Å². The fourth-order valence-electron chi connectivity index (χ4n) is 3.18. The van der Waals surface area contributed by atoms with Crippen LogP contribution in [0.25, 0.3) is 0 Å². The van der Waals surface area contributed by atoms with Gasteiger partial charge in [-0.1, -0.05) is 47.7 Å². The van der Waals surface area contributed by atoms with E-state index >= 15 is 0 Å². The van der Waals surface area contributed by atoms with Crippen molar-refractivity contribution < 1.29 is 18.0 Å². The summed E-state index contributed by atoms with van der Waals surface area (Å²) in [5.74, 6) is -1.15. The molecule has 3 aromatic rings. The number of nitrogens with one attached hydrogen (secondary N) is 1. The summed E-state index contributed by atoms with van der Waals surface area (Å²) in [6.45, 7) is 0.0758. The van der Waals surface area contributed by atoms with Gasteiger partial charge in [0.25, 0.3) is 15.9 Å². The Hall–Kier alpha value is -3.11. The minimum absolute atomic E-state index is 0.0758. The maximum Gasteiger partial charge on any atom is 0.266 e. The van der Waals surface area contributed by atoms with Crippen molar-refractivity contribution in [2.24, 2.45) is 0 Å². The molecule has 1 aromatic heterocycles. The molecule has 1 N–H and O–H groups in total. The van der Waals surface area contributed by atoms with Gasteiger partial charge in [-0.15, -0.1) is 10.2 Å². The zero-order chi connectivity index (χ0) is 20.4. The van der Waals surface area contributed by atoms with E-state index in [1.165, 1.54) is 29.8 Å². The molecule has 0 radical (unpaired) electrons. The molecular weight excluding hydrogens is 412 g/mol. The third-order valence-electron chi connectivity index (χ3n) is 4.62. The number of carbonyl (C=O) groups excluding carboxylic acids is 2. The van der Waals surface area contributed by atoms with E-state index in [0.29, 0.717) is 5.13 Å². The van der Waals surface area contributed by atoms with E-state index < -0.39 is 21.8 Å². The summed E-state index contributed by atoms with van der Waals surface area (Å²) in [4.78, 5) is 24.7. The molecule has 0 spiro atoms. The van der Waals surface area contributed by atoms with Crippen LogP contribution >= 0.6 is 11.3 Å². The van der Waals surface area contributed by atoms with Crippen LogP contribution in [0.15, 0.2) is 65.0 Å². The number of aromatic nitrogens is 2. The first kappa shape index (κ1) is 19.2. The second-order valence-corrected chi connectivity index (χ2v) is 9.16. The summed E-state index contributed by atoms with van der Waals surface area (Å²) in [6, 6.07) is 14.9. The second-order valence-electron chi connectivity index (χ2n) is 6.47. The molecule has 4 rings (SSSR count). The van der Waals surface area contributed by atoms with Crippen LogP contribution < -0.4 is 5.32 Å². The Labute approximate surface area is 171 Å². The molecular formula is C19H16N4O4S2. The van der Waals surface area contributed by atoms with Crippen LogP contribution in [0.5, 0.6) is 0 Å². The summed E-state index contributed by atoms with van der Waals surface area (Å²) in [5.41, 5.74) is 2.54. The molecule has 1 aliphatic heterocycles. The lowest BCUT2D eigenvalue weighted by molar-refractivity contribution is -0.123. The Kier molecular flexibility index (Phi) is 5.12. The van der Waals surface area contributed by atoms with Crippen LogP contribution in [0.2, 0.25) is 0 Å². The van der Waals surface area contributed by atoms with Crippen molar-refractivity contribution in [2.45, 2.75) is 17.2 Å². The molecule has 2 aromatic carbocycles. The molecule has 1 saturated heterocycles. The molecule has 1 aliphatic rings. The van der Waals surface area contributed by atoms with Crippen molar-refractivity contribution in [1.29, 1.82) is 0 Å². The Morgan fingerprint density at radius 1 is 1.14 bits per heavy atom. The molecule has 1 atom stereocenters. The average molecular weight is 428 g/mol. The van der Waals surface area contributed by atoms with Gasteiger partial charge >= 0.3 is 0 Å². The molecule has 0 unspecified atom stereocenters. The summed E-state index contributed by atoms with van der Waals surface area (Å²) < 4.78 is 27.0. The predicted octanol–water partition coefficient (Wildman–Crippen LogP) is 2.50. The maximum atomic E-state index is 13.1. The molecule has 0 bridgehead atoms. The number of anilines is 1. The second kappa shape index (κ2) is 7.72. The van der Waals surface area contributed by atoms with E-state index in [-0.39, 0.29) is 29.3 Å². The molecule has 29 heavy (non-hydrogen) atoms. The van der Waals surface area contributed by atoms with E-state index in [2.05, 4.69) is 15.5 Å². The van der Waals surface area contributed by atoms with Gasteiger partial charge in [-0.25, -0.2) is 12.7 Å². The number of hydrogen-bond acceptors (Lipinski definition) is 7. The fourth-order valence-corrected chi connectivity index (χ4v) is 5.12. The smallest absolute Gasteiger partial charge is 0.266 e. The van der Waals surface area contributed by atoms with E-state index in [0.717, 1.165) is 21.2 Å². The zero-order valence-electron chi connectivity index (χ0n) is 15.1. The van der Waals surface area contributed by atoms with Crippen LogP contribution in [-0.2, 0) is 14.8 Å². The molecule has 0 aliphatic carbocycles. The molecule has 8 nitrogen and oxygen atoms in total. The molecule has 148 valence electrons. The average Bonchev–Trinajstić information content (AvgIpc) is 3.38. The molecule has 2 heterocycles. The zero-order valence-corrected chi connectivity index (χ0v) is 16.7. The predicted molar refractivity (Wildman–Crippen MR) is 107 cm³/mol. The number of sulfonamides is 1. The monoisotopic (exact) mass is 428 g/mol. The standard InChI is InChI=1S/C19H16N4O4S2/c24-17-10-15(13-5-2-1-3-6-13)11-23(17)29(26,27)16-8-4-7-14(9-16)18(25)21-19-22-20-12-28-19/h1-9,12,15H,10-11H2,(H,21,22,25)/t15-/m1/s1.